The molecule has 29 heavy (non-hydrogen) atoms. The summed E-state index contributed by atoms with van der Waals surface area (Å²) in [6.07, 6.45) is 11.3. The standard InChI is InChI=1S/C25H37BO3/c1-4-6-8-10-12-21-19-25(26(27)28)22(13-11-9-7-5-2)18-24(21)20-14-16-23(29-3)17-15-20/h14-19,27-28H,4-13H2,1-3H3. The summed E-state index contributed by atoms with van der Waals surface area (Å²) in [5, 5.41) is 20.0. The van der Waals surface area contributed by atoms with Gasteiger partial charge in [-0.3, -0.25) is 0 Å². The summed E-state index contributed by atoms with van der Waals surface area (Å²) in [5.74, 6) is 0.848. The van der Waals surface area contributed by atoms with Crippen LogP contribution in [0.5, 0.6) is 5.75 Å². The Morgan fingerprint density at radius 2 is 1.34 bits per heavy atom. The number of unbranched alkanes of at least 4 members (excludes halogenated alkanes) is 6. The van der Waals surface area contributed by atoms with Crippen molar-refractivity contribution in [3.63, 3.8) is 0 Å². The number of aryl methyl sites for hydroxylation is 2. The monoisotopic (exact) mass is 396 g/mol. The molecule has 0 bridgehead atoms. The Balaban J connectivity index is 2.37. The minimum Gasteiger partial charge on any atom is -0.497 e. The summed E-state index contributed by atoms with van der Waals surface area (Å²) in [5.41, 5.74) is 5.29. The SMILES string of the molecule is CCCCCCc1cc(-c2ccc(OC)cc2)c(CCCCCC)cc1B(O)O. The van der Waals surface area contributed by atoms with Gasteiger partial charge in [-0.25, -0.2) is 0 Å². The number of benzene rings is 2. The van der Waals surface area contributed by atoms with Crippen LogP contribution >= 0.6 is 0 Å². The Morgan fingerprint density at radius 1 is 0.759 bits per heavy atom. The van der Waals surface area contributed by atoms with E-state index in [2.05, 4.69) is 32.0 Å². The van der Waals surface area contributed by atoms with E-state index < -0.39 is 7.12 Å². The molecule has 0 saturated carbocycles. The molecule has 0 atom stereocenters. The van der Waals surface area contributed by atoms with Gasteiger partial charge in [0.15, 0.2) is 0 Å². The predicted molar refractivity (Wildman–Crippen MR) is 124 cm³/mol. The van der Waals surface area contributed by atoms with Gasteiger partial charge in [-0.15, -0.1) is 0 Å². The molecule has 0 radical (unpaired) electrons. The van der Waals surface area contributed by atoms with Crippen LogP contribution in [0.3, 0.4) is 0 Å². The summed E-state index contributed by atoms with van der Waals surface area (Å²) in [6.45, 7) is 4.42. The highest BCUT2D eigenvalue weighted by molar-refractivity contribution is 6.59. The summed E-state index contributed by atoms with van der Waals surface area (Å²) in [7, 11) is 0.260. The van der Waals surface area contributed by atoms with Crippen LogP contribution in [0, 0.1) is 0 Å². The molecule has 2 aromatic carbocycles. The Hall–Kier alpha value is -1.78. The molecule has 2 aromatic rings. The van der Waals surface area contributed by atoms with Crippen LogP contribution in [0.15, 0.2) is 36.4 Å². The molecule has 158 valence electrons. The van der Waals surface area contributed by atoms with Gasteiger partial charge in [-0.2, -0.15) is 0 Å². The molecule has 4 heteroatoms. The maximum absolute atomic E-state index is 10.0. The van der Waals surface area contributed by atoms with Crippen LogP contribution in [-0.2, 0) is 12.8 Å². The van der Waals surface area contributed by atoms with Gasteiger partial charge in [-0.05, 0) is 65.5 Å². The van der Waals surface area contributed by atoms with E-state index in [1.165, 1.54) is 49.7 Å². The first-order chi connectivity index (χ1) is 14.1. The van der Waals surface area contributed by atoms with Crippen molar-refractivity contribution in [1.29, 1.82) is 0 Å². The second-order valence-corrected chi connectivity index (χ2v) is 7.93. The van der Waals surface area contributed by atoms with E-state index in [9.17, 15) is 10.0 Å². The molecule has 0 aliphatic carbocycles. The van der Waals surface area contributed by atoms with Crippen LogP contribution in [0.25, 0.3) is 11.1 Å². The second-order valence-electron chi connectivity index (χ2n) is 7.93. The van der Waals surface area contributed by atoms with Crippen LogP contribution in [0.1, 0.15) is 76.3 Å². The quantitative estimate of drug-likeness (QED) is 0.357. The van der Waals surface area contributed by atoms with Crippen LogP contribution in [-0.4, -0.2) is 24.3 Å². The van der Waals surface area contributed by atoms with Crippen LogP contribution in [0.2, 0.25) is 0 Å². The topological polar surface area (TPSA) is 49.7 Å². The van der Waals surface area contributed by atoms with Gasteiger partial charge < -0.3 is 14.8 Å². The summed E-state index contributed by atoms with van der Waals surface area (Å²) >= 11 is 0. The van der Waals surface area contributed by atoms with E-state index in [1.54, 1.807) is 7.11 Å². The molecule has 3 nitrogen and oxygen atoms in total. The third-order valence-electron chi connectivity index (χ3n) is 5.64. The van der Waals surface area contributed by atoms with Crippen molar-refractivity contribution < 1.29 is 14.8 Å². The molecule has 0 unspecified atom stereocenters. The van der Waals surface area contributed by atoms with Crippen molar-refractivity contribution in [2.24, 2.45) is 0 Å². The largest absolute Gasteiger partial charge is 0.497 e. The first kappa shape index (κ1) is 23.5. The van der Waals surface area contributed by atoms with E-state index in [1.807, 2.05) is 18.2 Å². The van der Waals surface area contributed by atoms with Crippen LogP contribution < -0.4 is 10.2 Å². The molecule has 0 amide bonds. The highest BCUT2D eigenvalue weighted by Crippen LogP contribution is 2.28. The number of ether oxygens (including phenoxy) is 1. The fraction of sp³-hybridized carbons (Fsp3) is 0.520. The molecule has 0 aliphatic rings. The highest BCUT2D eigenvalue weighted by Gasteiger charge is 2.19. The number of hydrogen-bond donors (Lipinski definition) is 2. The fourth-order valence-electron chi connectivity index (χ4n) is 3.90. The molecular formula is C25H37BO3. The van der Waals surface area contributed by atoms with Crippen molar-refractivity contribution in [3.05, 3.63) is 47.5 Å². The highest BCUT2D eigenvalue weighted by atomic mass is 16.5. The van der Waals surface area contributed by atoms with Crippen molar-refractivity contribution in [1.82, 2.24) is 0 Å². The van der Waals surface area contributed by atoms with E-state index in [4.69, 9.17) is 4.74 Å². The third kappa shape index (κ3) is 7.20. The van der Waals surface area contributed by atoms with Gasteiger partial charge in [0, 0.05) is 0 Å². The van der Waals surface area contributed by atoms with E-state index in [0.29, 0.717) is 5.46 Å². The maximum atomic E-state index is 10.0. The molecule has 0 saturated heterocycles. The smallest absolute Gasteiger partial charge is 0.488 e. The summed E-state index contributed by atoms with van der Waals surface area (Å²) in [4.78, 5) is 0. The lowest BCUT2D eigenvalue weighted by Crippen LogP contribution is -2.33. The minimum atomic E-state index is -1.42. The lowest BCUT2D eigenvalue weighted by atomic mass is 9.73. The zero-order valence-corrected chi connectivity index (χ0v) is 18.4. The molecule has 0 spiro atoms. The van der Waals surface area contributed by atoms with Crippen molar-refractivity contribution in [3.8, 4) is 16.9 Å². The molecule has 2 rings (SSSR count). The van der Waals surface area contributed by atoms with Crippen LogP contribution in [0.4, 0.5) is 0 Å². The average Bonchev–Trinajstić information content (AvgIpc) is 2.74. The zero-order chi connectivity index (χ0) is 21.1. The van der Waals surface area contributed by atoms with Crippen molar-refractivity contribution >= 4 is 12.6 Å². The molecular weight excluding hydrogens is 359 g/mol. The van der Waals surface area contributed by atoms with Gasteiger partial charge in [0.2, 0.25) is 0 Å². The van der Waals surface area contributed by atoms with Gasteiger partial charge in [0.1, 0.15) is 5.75 Å². The Kier molecular flexibility index (Phi) is 10.3. The number of methoxy groups -OCH3 is 1. The van der Waals surface area contributed by atoms with Gasteiger partial charge in [-0.1, -0.05) is 76.6 Å². The Bertz CT molecular complexity index is 726. The molecule has 0 heterocycles. The molecule has 0 aromatic heterocycles. The van der Waals surface area contributed by atoms with Gasteiger partial charge in [0.05, 0.1) is 7.11 Å². The molecule has 2 N–H and O–H groups in total. The predicted octanol–water partition coefficient (Wildman–Crippen LogP) is 5.29. The van der Waals surface area contributed by atoms with E-state index in [-0.39, 0.29) is 0 Å². The summed E-state index contributed by atoms with van der Waals surface area (Å²) in [6, 6.07) is 12.4. The van der Waals surface area contributed by atoms with Crippen molar-refractivity contribution in [2.45, 2.75) is 78.1 Å². The van der Waals surface area contributed by atoms with E-state index >= 15 is 0 Å². The minimum absolute atomic E-state index is 0.671. The normalized spacial score (nSPS) is 10.9. The number of hydrogen-bond acceptors (Lipinski definition) is 3. The summed E-state index contributed by atoms with van der Waals surface area (Å²) < 4.78 is 5.31. The fourth-order valence-corrected chi connectivity index (χ4v) is 3.90. The average molecular weight is 396 g/mol. The van der Waals surface area contributed by atoms with E-state index in [0.717, 1.165) is 42.6 Å². The number of rotatable bonds is 13. The first-order valence-electron chi connectivity index (χ1n) is 11.3. The molecule has 0 fully saturated rings. The van der Waals surface area contributed by atoms with Gasteiger partial charge >= 0.3 is 7.12 Å². The van der Waals surface area contributed by atoms with Crippen molar-refractivity contribution in [2.75, 3.05) is 7.11 Å². The maximum Gasteiger partial charge on any atom is 0.488 e. The first-order valence-corrected chi connectivity index (χ1v) is 11.3. The zero-order valence-electron chi connectivity index (χ0n) is 18.4. The second kappa shape index (κ2) is 12.7. The lowest BCUT2D eigenvalue weighted by molar-refractivity contribution is 0.415. The molecule has 0 aliphatic heterocycles. The Labute approximate surface area is 177 Å². The lowest BCUT2D eigenvalue weighted by Gasteiger charge is -2.17. The third-order valence-corrected chi connectivity index (χ3v) is 5.64. The Morgan fingerprint density at radius 3 is 1.86 bits per heavy atom. The van der Waals surface area contributed by atoms with Gasteiger partial charge in [0.25, 0.3) is 0 Å².